The zero-order chi connectivity index (χ0) is 22.2. The van der Waals surface area contributed by atoms with E-state index >= 15 is 0 Å². The molecule has 1 saturated heterocycles. The number of pyridine rings is 1. The van der Waals surface area contributed by atoms with Crippen LogP contribution in [0.5, 0.6) is 0 Å². The Morgan fingerprint density at radius 2 is 2.06 bits per heavy atom. The van der Waals surface area contributed by atoms with Crippen molar-refractivity contribution in [2.75, 3.05) is 6.54 Å². The summed E-state index contributed by atoms with van der Waals surface area (Å²) in [6.07, 6.45) is 10.5. The van der Waals surface area contributed by atoms with Gasteiger partial charge in [-0.15, -0.1) is 0 Å². The van der Waals surface area contributed by atoms with E-state index in [0.29, 0.717) is 23.7 Å². The van der Waals surface area contributed by atoms with E-state index in [1.165, 1.54) is 18.6 Å². The molecule has 2 aliphatic carbocycles. The van der Waals surface area contributed by atoms with Crippen LogP contribution in [0.1, 0.15) is 38.3 Å². The molecule has 0 radical (unpaired) electrons. The number of halogens is 1. The number of ether oxygens (including phenoxy) is 1. The predicted octanol–water partition coefficient (Wildman–Crippen LogP) is 5.09. The molecule has 3 aliphatic rings. The third-order valence-corrected chi connectivity index (χ3v) is 8.02. The van der Waals surface area contributed by atoms with Crippen LogP contribution in [0.2, 0.25) is 0 Å². The number of fused-ring (bicyclic) bond motifs is 2. The Morgan fingerprint density at radius 1 is 1.19 bits per heavy atom. The van der Waals surface area contributed by atoms with E-state index in [2.05, 4.69) is 17.1 Å². The van der Waals surface area contributed by atoms with Crippen molar-refractivity contribution in [1.82, 2.24) is 4.98 Å². The lowest BCUT2D eigenvalue weighted by molar-refractivity contribution is -0.144. The molecular weight excluding hydrogens is 403 g/mol. The van der Waals surface area contributed by atoms with Crippen LogP contribution in [0.25, 0.3) is 17.2 Å². The summed E-state index contributed by atoms with van der Waals surface area (Å²) in [5, 5.41) is 0. The summed E-state index contributed by atoms with van der Waals surface area (Å²) < 4.78 is 19.2. The topological polar surface area (TPSA) is 65.2 Å². The van der Waals surface area contributed by atoms with Gasteiger partial charge in [0, 0.05) is 17.7 Å². The lowest BCUT2D eigenvalue weighted by Gasteiger charge is -2.47. The summed E-state index contributed by atoms with van der Waals surface area (Å²) in [7, 11) is 0. The van der Waals surface area contributed by atoms with E-state index in [9.17, 15) is 9.18 Å². The van der Waals surface area contributed by atoms with Crippen LogP contribution in [-0.2, 0) is 9.53 Å². The van der Waals surface area contributed by atoms with E-state index in [4.69, 9.17) is 10.5 Å². The molecule has 1 aliphatic heterocycles. The van der Waals surface area contributed by atoms with E-state index in [1.54, 1.807) is 12.3 Å². The monoisotopic (exact) mass is 434 g/mol. The van der Waals surface area contributed by atoms with Crippen LogP contribution in [0.3, 0.4) is 0 Å². The minimum Gasteiger partial charge on any atom is -0.462 e. The van der Waals surface area contributed by atoms with Gasteiger partial charge in [-0.05, 0) is 92.7 Å². The van der Waals surface area contributed by atoms with E-state index in [0.717, 1.165) is 42.6 Å². The second-order valence-corrected chi connectivity index (χ2v) is 9.82. The number of aromatic nitrogens is 1. The molecule has 2 saturated carbocycles. The first-order valence-corrected chi connectivity index (χ1v) is 11.8. The van der Waals surface area contributed by atoms with Gasteiger partial charge in [-0.25, -0.2) is 4.39 Å². The van der Waals surface area contributed by atoms with Crippen LogP contribution >= 0.6 is 0 Å². The van der Waals surface area contributed by atoms with Crippen LogP contribution in [0.4, 0.5) is 4.39 Å². The van der Waals surface area contributed by atoms with Crippen molar-refractivity contribution in [1.29, 1.82) is 0 Å². The molecule has 3 fully saturated rings. The highest BCUT2D eigenvalue weighted by Crippen LogP contribution is 2.54. The molecule has 2 N–H and O–H groups in total. The van der Waals surface area contributed by atoms with Gasteiger partial charge in [-0.3, -0.25) is 9.78 Å². The first-order chi connectivity index (χ1) is 15.5. The highest BCUT2D eigenvalue weighted by Gasteiger charge is 2.54. The largest absolute Gasteiger partial charge is 0.462 e. The van der Waals surface area contributed by atoms with Gasteiger partial charge < -0.3 is 10.5 Å². The zero-order valence-electron chi connectivity index (χ0n) is 18.5. The van der Waals surface area contributed by atoms with Crippen LogP contribution in [0.15, 0.2) is 48.7 Å². The number of nitrogens with zero attached hydrogens (tertiary/aromatic N) is 1. The molecular formula is C27H31FN2O2. The highest BCUT2D eigenvalue weighted by atomic mass is 19.1. The number of esters is 1. The summed E-state index contributed by atoms with van der Waals surface area (Å²) in [6, 6.07) is 10.5. The minimum atomic E-state index is -0.250. The van der Waals surface area contributed by atoms with Gasteiger partial charge in [0.25, 0.3) is 0 Å². The fourth-order valence-electron chi connectivity index (χ4n) is 6.48. The van der Waals surface area contributed by atoms with Gasteiger partial charge >= 0.3 is 5.97 Å². The first-order valence-electron chi connectivity index (χ1n) is 11.8. The van der Waals surface area contributed by atoms with Gasteiger partial charge in [0.2, 0.25) is 0 Å². The molecule has 4 nitrogen and oxygen atoms in total. The van der Waals surface area contributed by atoms with Gasteiger partial charge in [0.15, 0.2) is 0 Å². The zero-order valence-corrected chi connectivity index (χ0v) is 18.5. The number of hydrogen-bond acceptors (Lipinski definition) is 4. The second kappa shape index (κ2) is 8.78. The van der Waals surface area contributed by atoms with Gasteiger partial charge in [0.1, 0.15) is 11.9 Å². The number of benzene rings is 1. The fraction of sp³-hybridized carbons (Fsp3) is 0.481. The third-order valence-electron chi connectivity index (χ3n) is 8.02. The molecule has 1 unspecified atom stereocenters. The number of nitrogens with two attached hydrogens (primary N) is 1. The first kappa shape index (κ1) is 21.3. The number of cyclic esters (lactones) is 1. The van der Waals surface area contributed by atoms with Gasteiger partial charge in [0.05, 0.1) is 11.6 Å². The summed E-state index contributed by atoms with van der Waals surface area (Å²) >= 11 is 0. The van der Waals surface area contributed by atoms with Crippen molar-refractivity contribution in [3.8, 4) is 11.1 Å². The van der Waals surface area contributed by atoms with E-state index < -0.39 is 0 Å². The molecule has 0 amide bonds. The minimum absolute atomic E-state index is 0.000682. The number of carbonyl (C=O) groups excluding carboxylic acids is 1. The Bertz CT molecular complexity index is 1000. The third kappa shape index (κ3) is 3.99. The molecule has 0 spiro atoms. The second-order valence-electron chi connectivity index (χ2n) is 9.82. The quantitative estimate of drug-likeness (QED) is 0.681. The van der Waals surface area contributed by atoms with Crippen LogP contribution in [0, 0.1) is 41.3 Å². The number of allylic oxidation sites excluding steroid dienone is 1. The van der Waals surface area contributed by atoms with Gasteiger partial charge in [-0.1, -0.05) is 24.3 Å². The molecule has 1 aromatic carbocycles. The molecule has 0 bridgehead atoms. The van der Waals surface area contributed by atoms with E-state index in [-0.39, 0.29) is 29.7 Å². The standard InChI is InChI=1S/C27H31FN2O2/c1-16-26-24(23-9-5-17(14-29)11-20(23)13-25(26)27(31)32-16)10-8-22-7-6-19(15-30-22)18-3-2-4-21(28)12-18/h2-4,6-8,10,12,15-17,20,23-26H,5,9,11,13-14,29H2,1H3/b10-8+/t16-,17-,20?,23-,24+,25-,26+/m1/s1. The SMILES string of the molecule is C[C@H]1OC(=O)[C@@H]2CC3C[C@H](CN)CC[C@H]3[C@H](/C=C/c3ccc(-c4cccc(F)c4)cn3)[C@H]12. The molecule has 1 aromatic heterocycles. The average Bonchev–Trinajstić information content (AvgIpc) is 3.09. The number of carbonyl (C=O) groups is 1. The predicted molar refractivity (Wildman–Crippen MR) is 123 cm³/mol. The molecule has 2 heterocycles. The Morgan fingerprint density at radius 3 is 2.81 bits per heavy atom. The lowest BCUT2D eigenvalue weighted by Crippen LogP contribution is -2.44. The lowest BCUT2D eigenvalue weighted by atomic mass is 9.56. The molecule has 168 valence electrons. The molecule has 7 atom stereocenters. The summed E-state index contributed by atoms with van der Waals surface area (Å²) in [6.45, 7) is 2.78. The van der Waals surface area contributed by atoms with Crippen molar-refractivity contribution < 1.29 is 13.9 Å². The maximum Gasteiger partial charge on any atom is 0.309 e. The number of rotatable bonds is 4. The summed E-state index contributed by atoms with van der Waals surface area (Å²) in [5.74, 6) is 1.95. The Labute approximate surface area is 189 Å². The van der Waals surface area contributed by atoms with Crippen molar-refractivity contribution >= 4 is 12.0 Å². The maximum atomic E-state index is 13.5. The Hall–Kier alpha value is -2.53. The molecule has 2 aromatic rings. The fourth-order valence-corrected chi connectivity index (χ4v) is 6.48. The Kier molecular flexibility index (Phi) is 5.85. The van der Waals surface area contributed by atoms with Crippen molar-refractivity contribution in [2.45, 2.75) is 38.7 Å². The normalized spacial score (nSPS) is 34.2. The smallest absolute Gasteiger partial charge is 0.309 e. The molecule has 5 heteroatoms. The van der Waals surface area contributed by atoms with Crippen molar-refractivity contribution in [3.05, 3.63) is 60.2 Å². The summed E-state index contributed by atoms with van der Waals surface area (Å²) in [4.78, 5) is 17.1. The molecule has 32 heavy (non-hydrogen) atoms. The highest BCUT2D eigenvalue weighted by molar-refractivity contribution is 5.75. The van der Waals surface area contributed by atoms with Crippen molar-refractivity contribution in [2.24, 2.45) is 41.2 Å². The summed E-state index contributed by atoms with van der Waals surface area (Å²) in [5.41, 5.74) is 8.56. The van der Waals surface area contributed by atoms with Crippen LogP contribution in [-0.4, -0.2) is 23.6 Å². The molecule has 5 rings (SSSR count). The van der Waals surface area contributed by atoms with E-state index in [1.807, 2.05) is 25.1 Å². The average molecular weight is 435 g/mol. The van der Waals surface area contributed by atoms with Gasteiger partial charge in [-0.2, -0.15) is 0 Å². The van der Waals surface area contributed by atoms with Crippen molar-refractivity contribution in [3.63, 3.8) is 0 Å². The maximum absolute atomic E-state index is 13.5. The Balaban J connectivity index is 1.38. The number of hydrogen-bond donors (Lipinski definition) is 1. The van der Waals surface area contributed by atoms with Crippen LogP contribution < -0.4 is 5.73 Å².